The molecule has 0 atom stereocenters. The van der Waals surface area contributed by atoms with E-state index in [1.165, 1.54) is 19.2 Å². The lowest BCUT2D eigenvalue weighted by atomic mass is 10.2. The molecular formula is C17H16FN3O2. The van der Waals surface area contributed by atoms with Gasteiger partial charge in [-0.1, -0.05) is 12.1 Å². The van der Waals surface area contributed by atoms with Crippen LogP contribution in [0.2, 0.25) is 0 Å². The lowest BCUT2D eigenvalue weighted by molar-refractivity contribution is 0.0946. The summed E-state index contributed by atoms with van der Waals surface area (Å²) in [6.45, 7) is 0.240. The number of ether oxygens (including phenoxy) is 1. The number of methoxy groups -OCH3 is 1. The molecule has 1 aromatic heterocycles. The Balaban J connectivity index is 1.81. The van der Waals surface area contributed by atoms with E-state index >= 15 is 0 Å². The van der Waals surface area contributed by atoms with Crippen LogP contribution >= 0.6 is 0 Å². The molecule has 0 aliphatic rings. The van der Waals surface area contributed by atoms with E-state index < -0.39 is 11.7 Å². The van der Waals surface area contributed by atoms with E-state index in [0.29, 0.717) is 5.75 Å². The van der Waals surface area contributed by atoms with Crippen molar-refractivity contribution in [3.63, 3.8) is 0 Å². The first-order valence-electron chi connectivity index (χ1n) is 7.12. The zero-order chi connectivity index (χ0) is 16.4. The molecule has 23 heavy (non-hydrogen) atoms. The molecule has 0 saturated heterocycles. The Morgan fingerprint density at radius 3 is 2.83 bits per heavy atom. The third-order valence-electron chi connectivity index (χ3n) is 3.69. The molecule has 118 valence electrons. The second-order valence-corrected chi connectivity index (χ2v) is 5.10. The summed E-state index contributed by atoms with van der Waals surface area (Å²) in [5.74, 6) is 0.149. The van der Waals surface area contributed by atoms with Gasteiger partial charge in [-0.05, 0) is 30.3 Å². The summed E-state index contributed by atoms with van der Waals surface area (Å²) in [6, 6.07) is 11.6. The van der Waals surface area contributed by atoms with E-state index in [-0.39, 0.29) is 12.1 Å². The molecule has 3 rings (SSSR count). The maximum Gasteiger partial charge on any atom is 0.255 e. The predicted octanol–water partition coefficient (Wildman–Crippen LogP) is 2.65. The molecule has 0 aliphatic carbocycles. The van der Waals surface area contributed by atoms with Gasteiger partial charge < -0.3 is 14.6 Å². The van der Waals surface area contributed by atoms with Gasteiger partial charge in [-0.3, -0.25) is 4.79 Å². The number of carbonyl (C=O) groups is 1. The van der Waals surface area contributed by atoms with Gasteiger partial charge in [-0.2, -0.15) is 0 Å². The van der Waals surface area contributed by atoms with Crippen molar-refractivity contribution in [2.45, 2.75) is 6.54 Å². The first-order valence-corrected chi connectivity index (χ1v) is 7.12. The summed E-state index contributed by atoms with van der Waals surface area (Å²) >= 11 is 0. The number of aryl methyl sites for hydroxylation is 1. The SMILES string of the molecule is COc1ccc(F)cc1C(=O)NCc1nc2ccccc2n1C. The van der Waals surface area contributed by atoms with E-state index in [9.17, 15) is 9.18 Å². The smallest absolute Gasteiger partial charge is 0.255 e. The molecule has 2 aromatic carbocycles. The van der Waals surface area contributed by atoms with Gasteiger partial charge >= 0.3 is 0 Å². The van der Waals surface area contributed by atoms with E-state index in [0.717, 1.165) is 22.9 Å². The first-order chi connectivity index (χ1) is 11.1. The number of nitrogens with one attached hydrogen (secondary N) is 1. The molecule has 0 radical (unpaired) electrons. The lowest BCUT2D eigenvalue weighted by Crippen LogP contribution is -2.25. The number of amides is 1. The fourth-order valence-electron chi connectivity index (χ4n) is 2.47. The number of hydrogen-bond donors (Lipinski definition) is 1. The number of hydrogen-bond acceptors (Lipinski definition) is 3. The third-order valence-corrected chi connectivity index (χ3v) is 3.69. The highest BCUT2D eigenvalue weighted by atomic mass is 19.1. The predicted molar refractivity (Wildman–Crippen MR) is 84.8 cm³/mol. The van der Waals surface area contributed by atoms with E-state index in [1.54, 1.807) is 0 Å². The molecule has 0 unspecified atom stereocenters. The van der Waals surface area contributed by atoms with Crippen LogP contribution in [0, 0.1) is 5.82 Å². The lowest BCUT2D eigenvalue weighted by Gasteiger charge is -2.09. The number of fused-ring (bicyclic) bond motifs is 1. The third kappa shape index (κ3) is 2.88. The van der Waals surface area contributed by atoms with Crippen LogP contribution in [0.4, 0.5) is 4.39 Å². The molecule has 1 amide bonds. The number of carbonyl (C=O) groups excluding carboxylic acids is 1. The second-order valence-electron chi connectivity index (χ2n) is 5.10. The molecular weight excluding hydrogens is 297 g/mol. The maximum atomic E-state index is 13.4. The number of halogens is 1. The van der Waals surface area contributed by atoms with Crippen molar-refractivity contribution in [2.24, 2.45) is 7.05 Å². The van der Waals surface area contributed by atoms with E-state index in [2.05, 4.69) is 10.3 Å². The Hall–Kier alpha value is -2.89. The van der Waals surface area contributed by atoms with Crippen molar-refractivity contribution in [2.75, 3.05) is 7.11 Å². The topological polar surface area (TPSA) is 56.1 Å². The number of nitrogens with zero attached hydrogens (tertiary/aromatic N) is 2. The van der Waals surface area contributed by atoms with Crippen LogP contribution in [0.15, 0.2) is 42.5 Å². The molecule has 0 fully saturated rings. The normalized spacial score (nSPS) is 10.7. The average molecular weight is 313 g/mol. The van der Waals surface area contributed by atoms with Crippen molar-refractivity contribution in [3.8, 4) is 5.75 Å². The average Bonchev–Trinajstić information content (AvgIpc) is 2.89. The number of benzene rings is 2. The molecule has 5 nitrogen and oxygen atoms in total. The molecule has 1 heterocycles. The Morgan fingerprint density at radius 2 is 2.09 bits per heavy atom. The molecule has 3 aromatic rings. The fourth-order valence-corrected chi connectivity index (χ4v) is 2.47. The Morgan fingerprint density at radius 1 is 1.30 bits per heavy atom. The zero-order valence-electron chi connectivity index (χ0n) is 12.8. The fraction of sp³-hybridized carbons (Fsp3) is 0.176. The highest BCUT2D eigenvalue weighted by Crippen LogP contribution is 2.19. The van der Waals surface area contributed by atoms with Gasteiger partial charge in [0.1, 0.15) is 17.4 Å². The minimum atomic E-state index is -0.487. The molecule has 6 heteroatoms. The Labute approximate surface area is 132 Å². The van der Waals surface area contributed by atoms with Crippen LogP contribution < -0.4 is 10.1 Å². The Bertz CT molecular complexity index is 873. The standard InChI is InChI=1S/C17H16FN3O2/c1-21-14-6-4-3-5-13(14)20-16(21)10-19-17(22)12-9-11(18)7-8-15(12)23-2/h3-9H,10H2,1-2H3,(H,19,22). The molecule has 0 saturated carbocycles. The van der Waals surface area contributed by atoms with Gasteiger partial charge in [0, 0.05) is 7.05 Å². The molecule has 0 bridgehead atoms. The van der Waals surface area contributed by atoms with E-state index in [1.807, 2.05) is 35.9 Å². The molecule has 0 aliphatic heterocycles. The van der Waals surface area contributed by atoms with Crippen molar-refractivity contribution >= 4 is 16.9 Å². The van der Waals surface area contributed by atoms with Crippen molar-refractivity contribution in [1.82, 2.24) is 14.9 Å². The monoisotopic (exact) mass is 313 g/mol. The van der Waals surface area contributed by atoms with E-state index in [4.69, 9.17) is 4.74 Å². The molecule has 1 N–H and O–H groups in total. The number of para-hydroxylation sites is 2. The van der Waals surface area contributed by atoms with Crippen LogP contribution in [0.25, 0.3) is 11.0 Å². The van der Waals surface area contributed by atoms with Gasteiger partial charge in [0.25, 0.3) is 5.91 Å². The van der Waals surface area contributed by atoms with Gasteiger partial charge in [0.2, 0.25) is 0 Å². The quantitative estimate of drug-likeness (QED) is 0.805. The van der Waals surface area contributed by atoms with Crippen molar-refractivity contribution in [3.05, 3.63) is 59.7 Å². The second kappa shape index (κ2) is 6.08. The first kappa shape index (κ1) is 15.0. The minimum Gasteiger partial charge on any atom is -0.496 e. The summed E-state index contributed by atoms with van der Waals surface area (Å²) in [5, 5.41) is 2.75. The van der Waals surface area contributed by atoms with Gasteiger partial charge in [0.15, 0.2) is 0 Å². The zero-order valence-corrected chi connectivity index (χ0v) is 12.8. The highest BCUT2D eigenvalue weighted by Gasteiger charge is 2.14. The summed E-state index contributed by atoms with van der Waals surface area (Å²) in [5.41, 5.74) is 2.01. The molecule has 0 spiro atoms. The van der Waals surface area contributed by atoms with Gasteiger partial charge in [-0.15, -0.1) is 0 Å². The number of aromatic nitrogens is 2. The van der Waals surface area contributed by atoms with Crippen LogP contribution in [0.3, 0.4) is 0 Å². The number of imidazole rings is 1. The minimum absolute atomic E-state index is 0.159. The van der Waals surface area contributed by atoms with Crippen LogP contribution in [0.1, 0.15) is 16.2 Å². The number of rotatable bonds is 4. The summed E-state index contributed by atoms with van der Waals surface area (Å²) in [4.78, 5) is 16.8. The summed E-state index contributed by atoms with van der Waals surface area (Å²) < 4.78 is 20.4. The van der Waals surface area contributed by atoms with Crippen molar-refractivity contribution < 1.29 is 13.9 Å². The largest absolute Gasteiger partial charge is 0.496 e. The van der Waals surface area contributed by atoms with Gasteiger partial charge in [-0.25, -0.2) is 9.37 Å². The van der Waals surface area contributed by atoms with Crippen LogP contribution in [-0.2, 0) is 13.6 Å². The summed E-state index contributed by atoms with van der Waals surface area (Å²) in [7, 11) is 3.33. The maximum absolute atomic E-state index is 13.4. The van der Waals surface area contributed by atoms with Crippen LogP contribution in [0.5, 0.6) is 5.75 Å². The highest BCUT2D eigenvalue weighted by molar-refractivity contribution is 5.96. The Kier molecular flexibility index (Phi) is 3.97. The summed E-state index contributed by atoms with van der Waals surface area (Å²) in [6.07, 6.45) is 0. The van der Waals surface area contributed by atoms with Crippen molar-refractivity contribution in [1.29, 1.82) is 0 Å². The van der Waals surface area contributed by atoms with Gasteiger partial charge in [0.05, 0.1) is 30.3 Å². The van der Waals surface area contributed by atoms with Crippen LogP contribution in [-0.4, -0.2) is 22.6 Å².